The Balaban J connectivity index is 1.92. The number of hydrogen-bond donors (Lipinski definition) is 1. The first kappa shape index (κ1) is 12.2. The number of nitrogens with zero attached hydrogens (tertiary/aromatic N) is 1. The molecule has 5 heteroatoms. The normalized spacial score (nSPS) is 28.6. The highest BCUT2D eigenvalue weighted by Gasteiger charge is 2.39. The van der Waals surface area contributed by atoms with Crippen LogP contribution in [-0.4, -0.2) is 41.6 Å². The van der Waals surface area contributed by atoms with E-state index in [1.807, 2.05) is 20.8 Å². The number of piperidine rings is 1. The van der Waals surface area contributed by atoms with E-state index in [2.05, 4.69) is 5.32 Å². The van der Waals surface area contributed by atoms with E-state index < -0.39 is 5.60 Å². The largest absolute Gasteiger partial charge is 0.444 e. The number of likely N-dealkylation sites (tertiary alicyclic amines) is 1. The van der Waals surface area contributed by atoms with Crippen molar-refractivity contribution >= 4 is 12.0 Å². The van der Waals surface area contributed by atoms with Gasteiger partial charge in [-0.25, -0.2) is 4.79 Å². The van der Waals surface area contributed by atoms with Gasteiger partial charge >= 0.3 is 6.09 Å². The number of amides is 2. The van der Waals surface area contributed by atoms with Gasteiger partial charge in [-0.3, -0.25) is 4.79 Å². The van der Waals surface area contributed by atoms with Gasteiger partial charge in [0.2, 0.25) is 5.91 Å². The zero-order valence-electron chi connectivity index (χ0n) is 10.7. The number of hydrogen-bond acceptors (Lipinski definition) is 3. The van der Waals surface area contributed by atoms with Crippen LogP contribution in [0.25, 0.3) is 0 Å². The maximum Gasteiger partial charge on any atom is 0.410 e. The van der Waals surface area contributed by atoms with Gasteiger partial charge in [-0.05, 0) is 33.1 Å². The van der Waals surface area contributed by atoms with Crippen LogP contribution < -0.4 is 5.32 Å². The fraction of sp³-hybridized carbons (Fsp3) is 0.833. The second kappa shape index (κ2) is 4.20. The summed E-state index contributed by atoms with van der Waals surface area (Å²) in [5.41, 5.74) is -0.465. The lowest BCUT2D eigenvalue weighted by Crippen LogP contribution is -2.50. The van der Waals surface area contributed by atoms with Crippen LogP contribution in [0.1, 0.15) is 33.6 Å². The van der Waals surface area contributed by atoms with Crippen LogP contribution in [0.5, 0.6) is 0 Å². The van der Waals surface area contributed by atoms with Gasteiger partial charge < -0.3 is 15.0 Å². The molecule has 0 radical (unpaired) electrons. The van der Waals surface area contributed by atoms with Crippen molar-refractivity contribution in [1.29, 1.82) is 0 Å². The molecule has 0 saturated carbocycles. The van der Waals surface area contributed by atoms with Crippen molar-refractivity contribution in [1.82, 2.24) is 10.2 Å². The smallest absolute Gasteiger partial charge is 0.410 e. The molecule has 2 aliphatic rings. The lowest BCUT2D eigenvalue weighted by atomic mass is 9.93. The molecule has 2 aliphatic heterocycles. The van der Waals surface area contributed by atoms with Gasteiger partial charge in [-0.15, -0.1) is 0 Å². The van der Waals surface area contributed by atoms with E-state index in [0.717, 1.165) is 6.42 Å². The molecule has 0 spiro atoms. The van der Waals surface area contributed by atoms with Gasteiger partial charge in [0.05, 0.1) is 0 Å². The maximum atomic E-state index is 11.9. The molecule has 96 valence electrons. The SMILES string of the molecule is CC(C)(C)OC(=O)N1CC[C@@H]2CC(=O)N[C@H]2C1. The monoisotopic (exact) mass is 240 g/mol. The Morgan fingerprint density at radius 3 is 2.82 bits per heavy atom. The summed E-state index contributed by atoms with van der Waals surface area (Å²) >= 11 is 0. The van der Waals surface area contributed by atoms with Gasteiger partial charge in [0.25, 0.3) is 0 Å². The summed E-state index contributed by atoms with van der Waals surface area (Å²) in [6, 6.07) is 0.115. The quantitative estimate of drug-likeness (QED) is 0.690. The Labute approximate surface area is 101 Å². The molecule has 2 rings (SSSR count). The minimum atomic E-state index is -0.465. The Morgan fingerprint density at radius 2 is 2.18 bits per heavy atom. The van der Waals surface area contributed by atoms with E-state index in [4.69, 9.17) is 4.74 Å². The zero-order chi connectivity index (χ0) is 12.6. The fourth-order valence-corrected chi connectivity index (χ4v) is 2.40. The average molecular weight is 240 g/mol. The van der Waals surface area contributed by atoms with Crippen LogP contribution in [0.15, 0.2) is 0 Å². The molecule has 2 fully saturated rings. The van der Waals surface area contributed by atoms with Crippen LogP contribution in [0.4, 0.5) is 4.79 Å². The standard InChI is InChI=1S/C12H20N2O3/c1-12(2,3)17-11(16)14-5-4-8-6-10(15)13-9(8)7-14/h8-9H,4-7H2,1-3H3,(H,13,15)/t8-,9+/m1/s1. The number of rotatable bonds is 0. The van der Waals surface area contributed by atoms with Gasteiger partial charge in [-0.1, -0.05) is 0 Å². The Morgan fingerprint density at radius 1 is 1.47 bits per heavy atom. The Kier molecular flexibility index (Phi) is 3.02. The van der Waals surface area contributed by atoms with Crippen molar-refractivity contribution in [3.05, 3.63) is 0 Å². The first-order chi connectivity index (χ1) is 7.85. The van der Waals surface area contributed by atoms with Crippen LogP contribution in [0.3, 0.4) is 0 Å². The highest BCUT2D eigenvalue weighted by molar-refractivity contribution is 5.79. The van der Waals surface area contributed by atoms with Gasteiger partial charge in [0, 0.05) is 25.6 Å². The number of carbonyl (C=O) groups is 2. The van der Waals surface area contributed by atoms with Crippen molar-refractivity contribution in [2.75, 3.05) is 13.1 Å². The molecule has 0 aromatic heterocycles. The third kappa shape index (κ3) is 2.90. The van der Waals surface area contributed by atoms with E-state index in [1.165, 1.54) is 0 Å². The molecule has 2 amide bonds. The van der Waals surface area contributed by atoms with E-state index in [9.17, 15) is 9.59 Å². The first-order valence-corrected chi connectivity index (χ1v) is 6.12. The van der Waals surface area contributed by atoms with Crippen molar-refractivity contribution < 1.29 is 14.3 Å². The maximum absolute atomic E-state index is 11.9. The van der Waals surface area contributed by atoms with Crippen molar-refractivity contribution in [2.45, 2.75) is 45.3 Å². The van der Waals surface area contributed by atoms with Gasteiger partial charge in [0.1, 0.15) is 5.60 Å². The lowest BCUT2D eigenvalue weighted by molar-refractivity contribution is -0.119. The molecule has 2 saturated heterocycles. The summed E-state index contributed by atoms with van der Waals surface area (Å²) < 4.78 is 5.33. The van der Waals surface area contributed by atoms with Crippen LogP contribution >= 0.6 is 0 Å². The first-order valence-electron chi connectivity index (χ1n) is 6.12. The molecule has 0 aromatic rings. The highest BCUT2D eigenvalue weighted by Crippen LogP contribution is 2.26. The van der Waals surface area contributed by atoms with Gasteiger partial charge in [0.15, 0.2) is 0 Å². The molecule has 5 nitrogen and oxygen atoms in total. The minimum absolute atomic E-state index is 0.103. The number of fused-ring (bicyclic) bond motifs is 1. The van der Waals surface area contributed by atoms with E-state index in [0.29, 0.717) is 25.4 Å². The summed E-state index contributed by atoms with van der Waals surface area (Å²) in [5.74, 6) is 0.493. The lowest BCUT2D eigenvalue weighted by Gasteiger charge is -2.35. The third-order valence-electron chi connectivity index (χ3n) is 3.20. The molecule has 17 heavy (non-hydrogen) atoms. The second-order valence-electron chi connectivity index (χ2n) is 5.85. The molecule has 0 unspecified atom stereocenters. The van der Waals surface area contributed by atoms with Crippen molar-refractivity contribution in [2.24, 2.45) is 5.92 Å². The molecule has 1 N–H and O–H groups in total. The van der Waals surface area contributed by atoms with Crippen LogP contribution in [0.2, 0.25) is 0 Å². The Bertz CT molecular complexity index is 335. The molecule has 0 aliphatic carbocycles. The van der Waals surface area contributed by atoms with Crippen molar-refractivity contribution in [3.63, 3.8) is 0 Å². The van der Waals surface area contributed by atoms with E-state index in [-0.39, 0.29) is 18.0 Å². The average Bonchev–Trinajstić information content (AvgIpc) is 2.53. The highest BCUT2D eigenvalue weighted by atomic mass is 16.6. The third-order valence-corrected chi connectivity index (χ3v) is 3.20. The Hall–Kier alpha value is -1.26. The molecular weight excluding hydrogens is 220 g/mol. The molecular formula is C12H20N2O3. The van der Waals surface area contributed by atoms with Crippen molar-refractivity contribution in [3.8, 4) is 0 Å². The summed E-state index contributed by atoms with van der Waals surface area (Å²) in [4.78, 5) is 24.8. The van der Waals surface area contributed by atoms with Crippen LogP contribution in [-0.2, 0) is 9.53 Å². The predicted molar refractivity (Wildman–Crippen MR) is 62.5 cm³/mol. The molecule has 2 heterocycles. The molecule has 2 atom stereocenters. The van der Waals surface area contributed by atoms with Gasteiger partial charge in [-0.2, -0.15) is 0 Å². The predicted octanol–water partition coefficient (Wildman–Crippen LogP) is 1.13. The number of carbonyl (C=O) groups excluding carboxylic acids is 2. The molecule has 0 bridgehead atoms. The summed E-state index contributed by atoms with van der Waals surface area (Å²) in [5, 5.41) is 2.92. The zero-order valence-corrected chi connectivity index (χ0v) is 10.7. The summed E-state index contributed by atoms with van der Waals surface area (Å²) in [6.07, 6.45) is 1.20. The topological polar surface area (TPSA) is 58.6 Å². The van der Waals surface area contributed by atoms with E-state index in [1.54, 1.807) is 4.90 Å². The number of ether oxygens (including phenoxy) is 1. The molecule has 0 aromatic carbocycles. The summed E-state index contributed by atoms with van der Waals surface area (Å²) in [7, 11) is 0. The minimum Gasteiger partial charge on any atom is -0.444 e. The summed E-state index contributed by atoms with van der Waals surface area (Å²) in [6.45, 7) is 6.83. The van der Waals surface area contributed by atoms with Crippen LogP contribution in [0, 0.1) is 5.92 Å². The number of nitrogens with one attached hydrogen (secondary N) is 1. The van der Waals surface area contributed by atoms with E-state index >= 15 is 0 Å². The second-order valence-corrected chi connectivity index (χ2v) is 5.85. The fourth-order valence-electron chi connectivity index (χ4n) is 2.40.